The van der Waals surface area contributed by atoms with Gasteiger partial charge in [-0.1, -0.05) is 32.2 Å². The van der Waals surface area contributed by atoms with E-state index in [1.54, 1.807) is 13.1 Å². The fourth-order valence-corrected chi connectivity index (χ4v) is 2.25. The highest BCUT2D eigenvalue weighted by molar-refractivity contribution is 7.78. The number of carbonyl (C=O) groups excluding carboxylic acids is 2. The third-order valence-electron chi connectivity index (χ3n) is 2.85. The van der Waals surface area contributed by atoms with Crippen molar-refractivity contribution in [2.24, 2.45) is 11.8 Å². The topological polar surface area (TPSA) is 46.6 Å². The normalized spacial score (nSPS) is 23.9. The standard InChI is InChI=1S/C12H19NO3S/c1-3-5-9-6-7-13(17)12(15)10(9)8-11(14)16-4-2/h6-7,9-10,17H,3-5,8H2,1-2H3. The number of hydrogen-bond donors (Lipinski definition) is 1. The van der Waals surface area contributed by atoms with E-state index in [9.17, 15) is 9.59 Å². The smallest absolute Gasteiger partial charge is 0.306 e. The Morgan fingerprint density at radius 3 is 2.82 bits per heavy atom. The lowest BCUT2D eigenvalue weighted by molar-refractivity contribution is -0.148. The van der Waals surface area contributed by atoms with E-state index in [1.807, 2.05) is 6.08 Å². The highest BCUT2D eigenvalue weighted by atomic mass is 32.1. The molecular formula is C12H19NO3S. The van der Waals surface area contributed by atoms with Crippen molar-refractivity contribution >= 4 is 24.7 Å². The molecule has 0 N–H and O–H groups in total. The van der Waals surface area contributed by atoms with E-state index in [-0.39, 0.29) is 30.1 Å². The minimum absolute atomic E-state index is 0.111. The summed E-state index contributed by atoms with van der Waals surface area (Å²) in [5, 5.41) is 0. The molecule has 2 atom stereocenters. The van der Waals surface area contributed by atoms with Gasteiger partial charge in [0.25, 0.3) is 0 Å². The van der Waals surface area contributed by atoms with Gasteiger partial charge in [0.15, 0.2) is 0 Å². The van der Waals surface area contributed by atoms with Crippen LogP contribution in [0.5, 0.6) is 0 Å². The summed E-state index contributed by atoms with van der Waals surface area (Å²) in [4.78, 5) is 23.4. The Balaban J connectivity index is 2.72. The number of esters is 1. The molecule has 4 nitrogen and oxygen atoms in total. The molecule has 96 valence electrons. The maximum atomic E-state index is 11.9. The molecule has 0 aromatic rings. The summed E-state index contributed by atoms with van der Waals surface area (Å²) < 4.78 is 6.14. The molecule has 0 fully saturated rings. The maximum Gasteiger partial charge on any atom is 0.306 e. The Bertz CT molecular complexity index is 317. The van der Waals surface area contributed by atoms with Crippen molar-refractivity contribution in [1.82, 2.24) is 4.31 Å². The van der Waals surface area contributed by atoms with E-state index in [2.05, 4.69) is 19.7 Å². The van der Waals surface area contributed by atoms with Crippen molar-refractivity contribution in [2.75, 3.05) is 6.61 Å². The van der Waals surface area contributed by atoms with Crippen molar-refractivity contribution < 1.29 is 14.3 Å². The van der Waals surface area contributed by atoms with Gasteiger partial charge in [-0.05, 0) is 19.3 Å². The maximum absolute atomic E-state index is 11.9. The molecule has 0 saturated carbocycles. The molecule has 0 saturated heterocycles. The van der Waals surface area contributed by atoms with E-state index in [0.717, 1.165) is 12.8 Å². The lowest BCUT2D eigenvalue weighted by Crippen LogP contribution is -2.36. The van der Waals surface area contributed by atoms with Gasteiger partial charge >= 0.3 is 5.97 Å². The van der Waals surface area contributed by atoms with Crippen molar-refractivity contribution in [3.8, 4) is 0 Å². The zero-order chi connectivity index (χ0) is 12.8. The molecule has 1 rings (SSSR count). The van der Waals surface area contributed by atoms with Crippen molar-refractivity contribution in [3.63, 3.8) is 0 Å². The molecule has 1 aliphatic rings. The lowest BCUT2D eigenvalue weighted by Gasteiger charge is -2.29. The summed E-state index contributed by atoms with van der Waals surface area (Å²) in [6.45, 7) is 4.17. The number of nitrogens with zero attached hydrogens (tertiary/aromatic N) is 1. The summed E-state index contributed by atoms with van der Waals surface area (Å²) in [6, 6.07) is 0. The average Bonchev–Trinajstić information content (AvgIpc) is 2.29. The van der Waals surface area contributed by atoms with Crippen molar-refractivity contribution in [1.29, 1.82) is 0 Å². The molecule has 1 amide bonds. The Morgan fingerprint density at radius 1 is 1.53 bits per heavy atom. The third kappa shape index (κ3) is 3.77. The van der Waals surface area contributed by atoms with Crippen LogP contribution >= 0.6 is 12.8 Å². The monoisotopic (exact) mass is 257 g/mol. The molecule has 0 radical (unpaired) electrons. The van der Waals surface area contributed by atoms with E-state index in [0.29, 0.717) is 6.61 Å². The quantitative estimate of drug-likeness (QED) is 0.606. The first-order valence-electron chi connectivity index (χ1n) is 5.96. The van der Waals surface area contributed by atoms with Crippen LogP contribution in [0.15, 0.2) is 12.3 Å². The highest BCUT2D eigenvalue weighted by Crippen LogP contribution is 2.29. The van der Waals surface area contributed by atoms with Gasteiger partial charge in [-0.2, -0.15) is 0 Å². The van der Waals surface area contributed by atoms with E-state index >= 15 is 0 Å². The number of thiol groups is 1. The molecule has 5 heteroatoms. The number of hydrogen-bond acceptors (Lipinski definition) is 4. The van der Waals surface area contributed by atoms with Gasteiger partial charge in [0, 0.05) is 6.20 Å². The Hall–Kier alpha value is -0.970. The van der Waals surface area contributed by atoms with Crippen LogP contribution in [0.2, 0.25) is 0 Å². The second kappa shape index (κ2) is 6.69. The zero-order valence-electron chi connectivity index (χ0n) is 10.3. The molecule has 1 aliphatic heterocycles. The van der Waals surface area contributed by atoms with Crippen LogP contribution in [0, 0.1) is 11.8 Å². The number of amides is 1. The second-order valence-corrected chi connectivity index (χ2v) is 4.52. The van der Waals surface area contributed by atoms with Gasteiger partial charge in [0.2, 0.25) is 5.91 Å². The number of ether oxygens (including phenoxy) is 1. The first-order chi connectivity index (χ1) is 8.10. The summed E-state index contributed by atoms with van der Waals surface area (Å²) in [6.07, 6.45) is 5.62. The van der Waals surface area contributed by atoms with Crippen LogP contribution in [-0.2, 0) is 14.3 Å². The van der Waals surface area contributed by atoms with Crippen LogP contribution in [-0.4, -0.2) is 22.8 Å². The van der Waals surface area contributed by atoms with Crippen LogP contribution in [0.1, 0.15) is 33.1 Å². The first kappa shape index (κ1) is 14.1. The largest absolute Gasteiger partial charge is 0.466 e. The molecule has 0 aromatic carbocycles. The number of allylic oxidation sites excluding steroid dienone is 1. The Kier molecular flexibility index (Phi) is 5.55. The van der Waals surface area contributed by atoms with Crippen LogP contribution < -0.4 is 0 Å². The van der Waals surface area contributed by atoms with Crippen LogP contribution in [0.25, 0.3) is 0 Å². The van der Waals surface area contributed by atoms with E-state index in [4.69, 9.17) is 4.74 Å². The van der Waals surface area contributed by atoms with Crippen LogP contribution in [0.4, 0.5) is 0 Å². The Labute approximate surface area is 108 Å². The molecule has 0 aliphatic carbocycles. The molecule has 17 heavy (non-hydrogen) atoms. The van der Waals surface area contributed by atoms with Gasteiger partial charge in [-0.15, -0.1) is 0 Å². The molecule has 0 spiro atoms. The van der Waals surface area contributed by atoms with E-state index < -0.39 is 0 Å². The van der Waals surface area contributed by atoms with Crippen molar-refractivity contribution in [2.45, 2.75) is 33.1 Å². The zero-order valence-corrected chi connectivity index (χ0v) is 11.2. The molecule has 1 heterocycles. The molecule has 2 unspecified atom stereocenters. The number of carbonyl (C=O) groups is 2. The lowest BCUT2D eigenvalue weighted by atomic mass is 9.84. The van der Waals surface area contributed by atoms with Gasteiger partial charge in [0.1, 0.15) is 0 Å². The first-order valence-corrected chi connectivity index (χ1v) is 6.36. The summed E-state index contributed by atoms with van der Waals surface area (Å²) in [7, 11) is 0. The predicted molar refractivity (Wildman–Crippen MR) is 68.1 cm³/mol. The summed E-state index contributed by atoms with van der Waals surface area (Å²) in [5.74, 6) is -0.664. The number of rotatable bonds is 5. The minimum Gasteiger partial charge on any atom is -0.466 e. The van der Waals surface area contributed by atoms with Gasteiger partial charge < -0.3 is 4.74 Å². The molecular weight excluding hydrogens is 238 g/mol. The Morgan fingerprint density at radius 2 is 2.24 bits per heavy atom. The fourth-order valence-electron chi connectivity index (χ4n) is 2.02. The highest BCUT2D eigenvalue weighted by Gasteiger charge is 2.33. The average molecular weight is 257 g/mol. The van der Waals surface area contributed by atoms with E-state index in [1.165, 1.54) is 4.31 Å². The van der Waals surface area contributed by atoms with Crippen LogP contribution in [0.3, 0.4) is 0 Å². The second-order valence-electron chi connectivity index (χ2n) is 4.09. The molecule has 0 aromatic heterocycles. The SMILES string of the molecule is CCCC1C=CN(S)C(=O)C1CC(=O)OCC. The summed E-state index contributed by atoms with van der Waals surface area (Å²) >= 11 is 4.04. The van der Waals surface area contributed by atoms with Gasteiger partial charge in [-0.25, -0.2) is 0 Å². The van der Waals surface area contributed by atoms with Gasteiger partial charge in [-0.3, -0.25) is 13.9 Å². The summed E-state index contributed by atoms with van der Waals surface area (Å²) in [5.41, 5.74) is 0. The van der Waals surface area contributed by atoms with Crippen molar-refractivity contribution in [3.05, 3.63) is 12.3 Å². The fraction of sp³-hybridized carbons (Fsp3) is 0.667. The third-order valence-corrected chi connectivity index (χ3v) is 3.18. The predicted octanol–water partition coefficient (Wildman–Crippen LogP) is 2.17. The van der Waals surface area contributed by atoms with Gasteiger partial charge in [0.05, 0.1) is 18.9 Å². The minimum atomic E-state index is -0.337. The molecule has 0 bridgehead atoms.